The standard InChI is InChI=1S/C25H28ClNO3/c1-27-21-16-15-19(26)17-20(21)25(23(28)13-8-14-24(29)30)22(27)12-7-3-6-11-18-9-4-2-5-10-18/h2,4-5,9-10,15-17H,3,6-8,11-14H2,1H3,(H,29,30). The summed E-state index contributed by atoms with van der Waals surface area (Å²) in [5, 5.41) is 10.3. The highest BCUT2D eigenvalue weighted by atomic mass is 35.5. The maximum Gasteiger partial charge on any atom is 0.303 e. The molecule has 5 heteroatoms. The van der Waals surface area contributed by atoms with E-state index in [2.05, 4.69) is 28.8 Å². The summed E-state index contributed by atoms with van der Waals surface area (Å²) in [7, 11) is 1.99. The minimum Gasteiger partial charge on any atom is -0.481 e. The number of hydrogen-bond acceptors (Lipinski definition) is 2. The van der Waals surface area contributed by atoms with E-state index in [1.54, 1.807) is 0 Å². The second kappa shape index (κ2) is 10.4. The first-order chi connectivity index (χ1) is 14.5. The normalized spacial score (nSPS) is 11.1. The van der Waals surface area contributed by atoms with E-state index in [-0.39, 0.29) is 18.6 Å². The number of aryl methyl sites for hydroxylation is 2. The number of halogens is 1. The van der Waals surface area contributed by atoms with Crippen molar-refractivity contribution in [2.75, 3.05) is 0 Å². The van der Waals surface area contributed by atoms with Crippen LogP contribution in [-0.4, -0.2) is 21.4 Å². The van der Waals surface area contributed by atoms with Crippen LogP contribution in [0.25, 0.3) is 10.9 Å². The molecule has 0 aliphatic heterocycles. The second-order valence-electron chi connectivity index (χ2n) is 7.76. The van der Waals surface area contributed by atoms with Gasteiger partial charge < -0.3 is 9.67 Å². The molecule has 3 aromatic rings. The third-order valence-corrected chi connectivity index (χ3v) is 5.81. The summed E-state index contributed by atoms with van der Waals surface area (Å²) in [5.41, 5.74) is 4.07. The number of carbonyl (C=O) groups is 2. The molecule has 4 nitrogen and oxygen atoms in total. The zero-order valence-corrected chi connectivity index (χ0v) is 18.1. The summed E-state index contributed by atoms with van der Waals surface area (Å²) >= 11 is 6.21. The number of aromatic nitrogens is 1. The fourth-order valence-electron chi connectivity index (χ4n) is 4.04. The molecule has 1 N–H and O–H groups in total. The van der Waals surface area contributed by atoms with E-state index in [9.17, 15) is 9.59 Å². The number of carbonyl (C=O) groups excluding carboxylic acids is 1. The zero-order valence-electron chi connectivity index (χ0n) is 17.4. The Hall–Kier alpha value is -2.59. The van der Waals surface area contributed by atoms with Gasteiger partial charge in [-0.05, 0) is 55.9 Å². The SMILES string of the molecule is Cn1c(CCCCCc2ccccc2)c(C(=O)CCCC(=O)O)c2cc(Cl)ccc21. The van der Waals surface area contributed by atoms with Crippen LogP contribution in [-0.2, 0) is 24.7 Å². The van der Waals surface area contributed by atoms with Crippen molar-refractivity contribution >= 4 is 34.3 Å². The highest BCUT2D eigenvalue weighted by Crippen LogP contribution is 2.30. The molecule has 0 bridgehead atoms. The van der Waals surface area contributed by atoms with Gasteiger partial charge in [0.15, 0.2) is 5.78 Å². The number of aliphatic carboxylic acids is 1. The third kappa shape index (κ3) is 5.51. The summed E-state index contributed by atoms with van der Waals surface area (Å²) in [6, 6.07) is 16.1. The van der Waals surface area contributed by atoms with Gasteiger partial charge in [0, 0.05) is 47.1 Å². The van der Waals surface area contributed by atoms with Gasteiger partial charge in [0.1, 0.15) is 0 Å². The number of benzene rings is 2. The van der Waals surface area contributed by atoms with Crippen molar-refractivity contribution in [2.45, 2.75) is 51.4 Å². The first-order valence-corrected chi connectivity index (χ1v) is 10.9. The molecule has 3 rings (SSSR count). The van der Waals surface area contributed by atoms with Gasteiger partial charge >= 0.3 is 5.97 Å². The van der Waals surface area contributed by atoms with E-state index < -0.39 is 5.97 Å². The van der Waals surface area contributed by atoms with Crippen molar-refractivity contribution in [2.24, 2.45) is 7.05 Å². The summed E-state index contributed by atoms with van der Waals surface area (Å²) in [5.74, 6) is -0.870. The number of unbranched alkanes of at least 4 members (excludes halogenated alkanes) is 2. The second-order valence-corrected chi connectivity index (χ2v) is 8.20. The molecular weight excluding hydrogens is 398 g/mol. The Morgan fingerprint density at radius 1 is 0.933 bits per heavy atom. The molecule has 0 fully saturated rings. The van der Waals surface area contributed by atoms with Gasteiger partial charge in [-0.3, -0.25) is 9.59 Å². The molecule has 158 valence electrons. The zero-order chi connectivity index (χ0) is 21.5. The summed E-state index contributed by atoms with van der Waals surface area (Å²) in [6.45, 7) is 0. The highest BCUT2D eigenvalue weighted by molar-refractivity contribution is 6.31. The number of carboxylic acids is 1. The third-order valence-electron chi connectivity index (χ3n) is 5.58. The predicted octanol–water partition coefficient (Wildman–Crippen LogP) is 6.22. The average Bonchev–Trinajstić information content (AvgIpc) is 2.99. The van der Waals surface area contributed by atoms with Crippen LogP contribution in [0.3, 0.4) is 0 Å². The molecule has 0 aliphatic rings. The van der Waals surface area contributed by atoms with Crippen LogP contribution in [0.1, 0.15) is 60.1 Å². The molecule has 0 amide bonds. The summed E-state index contributed by atoms with van der Waals surface area (Å²) in [6.07, 6.45) is 5.67. The lowest BCUT2D eigenvalue weighted by Gasteiger charge is -2.08. The Labute approximate surface area is 182 Å². The lowest BCUT2D eigenvalue weighted by molar-refractivity contribution is -0.137. The molecule has 0 unspecified atom stereocenters. The van der Waals surface area contributed by atoms with Crippen LogP contribution in [0.4, 0.5) is 0 Å². The number of ketones is 1. The van der Waals surface area contributed by atoms with Crippen LogP contribution in [0, 0.1) is 0 Å². The van der Waals surface area contributed by atoms with Gasteiger partial charge in [0.05, 0.1) is 0 Å². The van der Waals surface area contributed by atoms with Crippen molar-refractivity contribution in [1.82, 2.24) is 4.57 Å². The number of nitrogens with zero attached hydrogens (tertiary/aromatic N) is 1. The quantitative estimate of drug-likeness (QED) is 0.293. The minimum atomic E-state index is -0.873. The van der Waals surface area contributed by atoms with Crippen molar-refractivity contribution < 1.29 is 14.7 Å². The van der Waals surface area contributed by atoms with Crippen molar-refractivity contribution in [3.63, 3.8) is 0 Å². The minimum absolute atomic E-state index is 0.00315. The fraction of sp³-hybridized carbons (Fsp3) is 0.360. The Morgan fingerprint density at radius 2 is 1.67 bits per heavy atom. The van der Waals surface area contributed by atoms with Crippen LogP contribution in [0.2, 0.25) is 5.02 Å². The van der Waals surface area contributed by atoms with Gasteiger partial charge in [-0.15, -0.1) is 0 Å². The maximum absolute atomic E-state index is 13.0. The van der Waals surface area contributed by atoms with E-state index in [0.717, 1.165) is 48.7 Å². The van der Waals surface area contributed by atoms with Crippen molar-refractivity contribution in [3.8, 4) is 0 Å². The Bertz CT molecular complexity index is 1020. The van der Waals surface area contributed by atoms with Gasteiger partial charge in [0.2, 0.25) is 0 Å². The molecule has 30 heavy (non-hydrogen) atoms. The lowest BCUT2D eigenvalue weighted by atomic mass is 9.98. The molecular formula is C25H28ClNO3. The van der Waals surface area contributed by atoms with Gasteiger partial charge in [-0.2, -0.15) is 0 Å². The van der Waals surface area contributed by atoms with E-state index in [1.165, 1.54) is 5.56 Å². The Balaban J connectivity index is 1.72. The monoisotopic (exact) mass is 425 g/mol. The van der Waals surface area contributed by atoms with Crippen LogP contribution in [0.5, 0.6) is 0 Å². The largest absolute Gasteiger partial charge is 0.481 e. The molecule has 0 spiro atoms. The highest BCUT2D eigenvalue weighted by Gasteiger charge is 2.21. The smallest absolute Gasteiger partial charge is 0.303 e. The fourth-order valence-corrected chi connectivity index (χ4v) is 4.21. The maximum atomic E-state index is 13.0. The number of Topliss-reactive ketones (excluding diaryl/α,β-unsaturated/α-hetero) is 1. The molecule has 1 aromatic heterocycles. The average molecular weight is 426 g/mol. The number of hydrogen-bond donors (Lipinski definition) is 1. The van der Waals surface area contributed by atoms with Crippen LogP contribution in [0.15, 0.2) is 48.5 Å². The van der Waals surface area contributed by atoms with Gasteiger partial charge in [-0.25, -0.2) is 0 Å². The molecule has 0 saturated heterocycles. The Morgan fingerprint density at radius 3 is 2.40 bits per heavy atom. The predicted molar refractivity (Wildman–Crippen MR) is 121 cm³/mol. The first kappa shape index (κ1) is 22.1. The number of carboxylic acid groups (broad SMARTS) is 1. The topological polar surface area (TPSA) is 59.3 Å². The van der Waals surface area contributed by atoms with Crippen LogP contribution >= 0.6 is 11.6 Å². The molecule has 2 aromatic carbocycles. The summed E-state index contributed by atoms with van der Waals surface area (Å²) < 4.78 is 2.09. The van der Waals surface area contributed by atoms with E-state index in [4.69, 9.17) is 16.7 Å². The van der Waals surface area contributed by atoms with Crippen molar-refractivity contribution in [1.29, 1.82) is 0 Å². The molecule has 0 saturated carbocycles. The van der Waals surface area contributed by atoms with E-state index in [0.29, 0.717) is 17.0 Å². The van der Waals surface area contributed by atoms with Crippen LogP contribution < -0.4 is 0 Å². The lowest BCUT2D eigenvalue weighted by Crippen LogP contribution is -2.07. The molecule has 0 atom stereocenters. The van der Waals surface area contributed by atoms with Gasteiger partial charge in [-0.1, -0.05) is 48.4 Å². The number of fused-ring (bicyclic) bond motifs is 1. The van der Waals surface area contributed by atoms with E-state index >= 15 is 0 Å². The molecule has 0 aliphatic carbocycles. The van der Waals surface area contributed by atoms with Gasteiger partial charge in [0.25, 0.3) is 0 Å². The first-order valence-electron chi connectivity index (χ1n) is 10.5. The molecule has 0 radical (unpaired) electrons. The molecule has 1 heterocycles. The summed E-state index contributed by atoms with van der Waals surface area (Å²) in [4.78, 5) is 23.8. The van der Waals surface area contributed by atoms with E-state index in [1.807, 2.05) is 31.3 Å². The van der Waals surface area contributed by atoms with Crippen molar-refractivity contribution in [3.05, 3.63) is 70.4 Å². The number of rotatable bonds is 11. The Kier molecular flexibility index (Phi) is 7.69.